The van der Waals surface area contributed by atoms with Crippen molar-refractivity contribution in [3.8, 4) is 0 Å². The van der Waals surface area contributed by atoms with Crippen molar-refractivity contribution in [3.63, 3.8) is 0 Å². The van der Waals surface area contributed by atoms with Crippen LogP contribution in [0.3, 0.4) is 0 Å². The largest absolute Gasteiger partial charge is 0.479 e. The van der Waals surface area contributed by atoms with Crippen molar-refractivity contribution in [1.29, 1.82) is 0 Å². The number of hydrogen-bond donors (Lipinski definition) is 3. The van der Waals surface area contributed by atoms with Crippen molar-refractivity contribution in [3.05, 3.63) is 52.0 Å². The zero-order valence-corrected chi connectivity index (χ0v) is 14.4. The summed E-state index contributed by atoms with van der Waals surface area (Å²) in [5, 5.41) is 19.7. The Morgan fingerprint density at radius 1 is 1.24 bits per heavy atom. The summed E-state index contributed by atoms with van der Waals surface area (Å²) in [6.45, 7) is 7.14. The maximum absolute atomic E-state index is 12.7. The second-order valence-electron chi connectivity index (χ2n) is 6.15. The molecule has 2 aromatic heterocycles. The van der Waals surface area contributed by atoms with Crippen LogP contribution < -0.4 is 5.32 Å². The van der Waals surface area contributed by atoms with Crippen LogP contribution in [0.5, 0.6) is 0 Å². The third-order valence-corrected chi connectivity index (χ3v) is 4.29. The maximum atomic E-state index is 12.7. The van der Waals surface area contributed by atoms with Crippen molar-refractivity contribution in [2.24, 2.45) is 0 Å². The van der Waals surface area contributed by atoms with Gasteiger partial charge in [-0.3, -0.25) is 9.89 Å². The van der Waals surface area contributed by atoms with Crippen LogP contribution in [-0.4, -0.2) is 27.2 Å². The fourth-order valence-electron chi connectivity index (χ4n) is 2.99. The fourth-order valence-corrected chi connectivity index (χ4v) is 2.99. The molecule has 7 nitrogen and oxygen atoms in total. The van der Waals surface area contributed by atoms with Gasteiger partial charge in [0.25, 0.3) is 5.91 Å². The molecule has 0 radical (unpaired) electrons. The molecule has 0 aliphatic heterocycles. The molecule has 0 saturated heterocycles. The van der Waals surface area contributed by atoms with Gasteiger partial charge in [0.05, 0.1) is 5.69 Å². The number of H-pyrrole nitrogens is 1. The SMILES string of the molecule is Cc1ccc2oc(C(=O)N[C@@H](C(=O)O)c3c(C)n[nH]c3C)c(C)c2c1. The van der Waals surface area contributed by atoms with E-state index >= 15 is 0 Å². The Kier molecular flexibility index (Phi) is 4.08. The Bertz CT molecular complexity index is 964. The highest BCUT2D eigenvalue weighted by Crippen LogP contribution is 2.27. The molecular weight excluding hydrogens is 322 g/mol. The Morgan fingerprint density at radius 3 is 2.56 bits per heavy atom. The van der Waals surface area contributed by atoms with Gasteiger partial charge in [-0.1, -0.05) is 11.6 Å². The minimum atomic E-state index is -1.21. The lowest BCUT2D eigenvalue weighted by Gasteiger charge is -2.14. The standard InChI is InChI=1S/C18H19N3O4/c1-8-5-6-13-12(7-8)9(2)16(25-13)17(22)19-15(18(23)24)14-10(3)20-21-11(14)4/h5-7,15H,1-4H3,(H,19,22)(H,20,21)(H,23,24)/t15-/m1/s1. The second kappa shape index (κ2) is 6.08. The summed E-state index contributed by atoms with van der Waals surface area (Å²) in [5.74, 6) is -1.62. The Labute approximate surface area is 144 Å². The van der Waals surface area contributed by atoms with Gasteiger partial charge in [-0.15, -0.1) is 0 Å². The van der Waals surface area contributed by atoms with Gasteiger partial charge in [0.2, 0.25) is 0 Å². The number of furan rings is 1. The van der Waals surface area contributed by atoms with E-state index in [1.807, 2.05) is 19.1 Å². The highest BCUT2D eigenvalue weighted by atomic mass is 16.4. The first-order valence-corrected chi connectivity index (χ1v) is 7.84. The molecule has 130 valence electrons. The number of carboxylic acid groups (broad SMARTS) is 1. The smallest absolute Gasteiger partial charge is 0.331 e. The number of aromatic amines is 1. The number of aliphatic carboxylic acids is 1. The molecular formula is C18H19N3O4. The summed E-state index contributed by atoms with van der Waals surface area (Å²) < 4.78 is 5.65. The monoisotopic (exact) mass is 341 g/mol. The third-order valence-electron chi connectivity index (χ3n) is 4.29. The molecule has 2 heterocycles. The van der Waals surface area contributed by atoms with E-state index in [2.05, 4.69) is 15.5 Å². The molecule has 3 rings (SSSR count). The van der Waals surface area contributed by atoms with Gasteiger partial charge in [-0.05, 0) is 39.8 Å². The number of carbonyl (C=O) groups is 2. The number of aryl methyl sites for hydroxylation is 4. The summed E-state index contributed by atoms with van der Waals surface area (Å²) in [5.41, 5.74) is 3.91. The lowest BCUT2D eigenvalue weighted by molar-refractivity contribution is -0.139. The van der Waals surface area contributed by atoms with E-state index < -0.39 is 17.9 Å². The second-order valence-corrected chi connectivity index (χ2v) is 6.15. The van der Waals surface area contributed by atoms with Gasteiger partial charge in [0, 0.05) is 22.2 Å². The van der Waals surface area contributed by atoms with Crippen molar-refractivity contribution in [2.45, 2.75) is 33.7 Å². The van der Waals surface area contributed by atoms with Gasteiger partial charge in [-0.2, -0.15) is 5.10 Å². The molecule has 0 unspecified atom stereocenters. The van der Waals surface area contributed by atoms with Crippen molar-refractivity contribution < 1.29 is 19.1 Å². The normalized spacial score (nSPS) is 12.3. The number of nitrogens with one attached hydrogen (secondary N) is 2. The first-order chi connectivity index (χ1) is 11.8. The van der Waals surface area contributed by atoms with Crippen molar-refractivity contribution in [2.75, 3.05) is 0 Å². The van der Waals surface area contributed by atoms with Crippen molar-refractivity contribution >= 4 is 22.8 Å². The first kappa shape index (κ1) is 16.8. The number of benzene rings is 1. The number of rotatable bonds is 4. The van der Waals surface area contributed by atoms with Gasteiger partial charge < -0.3 is 14.8 Å². The Hall–Kier alpha value is -3.09. The molecule has 0 aliphatic rings. The number of carbonyl (C=O) groups excluding carboxylic acids is 1. The van der Waals surface area contributed by atoms with Crippen LogP contribution in [0.25, 0.3) is 11.0 Å². The predicted molar refractivity (Wildman–Crippen MR) is 91.6 cm³/mol. The Morgan fingerprint density at radius 2 is 1.96 bits per heavy atom. The Balaban J connectivity index is 1.98. The van der Waals surface area contributed by atoms with E-state index in [-0.39, 0.29) is 5.76 Å². The average molecular weight is 341 g/mol. The van der Waals surface area contributed by atoms with Crippen LogP contribution in [0, 0.1) is 27.7 Å². The molecule has 3 aromatic rings. The number of hydrogen-bond acceptors (Lipinski definition) is 4. The van der Waals surface area contributed by atoms with Crippen LogP contribution >= 0.6 is 0 Å². The molecule has 0 saturated carbocycles. The topological polar surface area (TPSA) is 108 Å². The van der Waals surface area contributed by atoms with Crippen LogP contribution in [0.4, 0.5) is 0 Å². The van der Waals surface area contributed by atoms with Gasteiger partial charge >= 0.3 is 5.97 Å². The van der Waals surface area contributed by atoms with E-state index in [9.17, 15) is 14.7 Å². The van der Waals surface area contributed by atoms with Crippen LogP contribution in [0.1, 0.15) is 44.7 Å². The summed E-state index contributed by atoms with van der Waals surface area (Å²) in [6, 6.07) is 4.42. The van der Waals surface area contributed by atoms with Crippen molar-refractivity contribution in [1.82, 2.24) is 15.5 Å². The lowest BCUT2D eigenvalue weighted by Crippen LogP contribution is -2.34. The molecule has 0 spiro atoms. The molecule has 7 heteroatoms. The quantitative estimate of drug-likeness (QED) is 0.676. The molecule has 0 aliphatic carbocycles. The highest BCUT2D eigenvalue weighted by molar-refractivity contribution is 6.00. The predicted octanol–water partition coefficient (Wildman–Crippen LogP) is 2.95. The molecule has 0 fully saturated rings. The molecule has 0 bridgehead atoms. The maximum Gasteiger partial charge on any atom is 0.331 e. The van der Waals surface area contributed by atoms with E-state index in [0.29, 0.717) is 28.1 Å². The summed E-state index contributed by atoms with van der Waals surface area (Å²) in [4.78, 5) is 24.3. The summed E-state index contributed by atoms with van der Waals surface area (Å²) in [7, 11) is 0. The number of aromatic nitrogens is 2. The average Bonchev–Trinajstić information content (AvgIpc) is 3.05. The van der Waals surface area contributed by atoms with E-state index in [1.54, 1.807) is 26.8 Å². The van der Waals surface area contributed by atoms with Crippen LogP contribution in [0.15, 0.2) is 22.6 Å². The summed E-state index contributed by atoms with van der Waals surface area (Å²) >= 11 is 0. The minimum Gasteiger partial charge on any atom is -0.479 e. The molecule has 1 atom stereocenters. The number of carboxylic acids is 1. The van der Waals surface area contributed by atoms with E-state index in [0.717, 1.165) is 10.9 Å². The molecule has 1 amide bonds. The molecule has 3 N–H and O–H groups in total. The minimum absolute atomic E-state index is 0.116. The lowest BCUT2D eigenvalue weighted by atomic mass is 10.0. The van der Waals surface area contributed by atoms with Crippen LogP contribution in [-0.2, 0) is 4.79 Å². The van der Waals surface area contributed by atoms with E-state index in [1.165, 1.54) is 0 Å². The number of fused-ring (bicyclic) bond motifs is 1. The van der Waals surface area contributed by atoms with Crippen LogP contribution in [0.2, 0.25) is 0 Å². The molecule has 25 heavy (non-hydrogen) atoms. The first-order valence-electron chi connectivity index (χ1n) is 7.84. The van der Waals surface area contributed by atoms with Gasteiger partial charge in [-0.25, -0.2) is 4.79 Å². The van der Waals surface area contributed by atoms with Gasteiger partial charge in [0.1, 0.15) is 5.58 Å². The third kappa shape index (κ3) is 2.88. The van der Waals surface area contributed by atoms with E-state index in [4.69, 9.17) is 4.42 Å². The molecule has 1 aromatic carbocycles. The zero-order chi connectivity index (χ0) is 18.3. The number of amides is 1. The number of nitrogens with zero attached hydrogens (tertiary/aromatic N) is 1. The highest BCUT2D eigenvalue weighted by Gasteiger charge is 2.29. The fraction of sp³-hybridized carbons (Fsp3) is 0.278. The zero-order valence-electron chi connectivity index (χ0n) is 14.4. The van der Waals surface area contributed by atoms with Gasteiger partial charge in [0.15, 0.2) is 11.8 Å². The summed E-state index contributed by atoms with van der Waals surface area (Å²) in [6.07, 6.45) is 0.